The predicted molar refractivity (Wildman–Crippen MR) is 80.7 cm³/mol. The Morgan fingerprint density at radius 1 is 1.44 bits per heavy atom. The number of halogens is 1. The number of benzene rings is 1. The highest BCUT2D eigenvalue weighted by atomic mass is 79.9. The maximum Gasteiger partial charge on any atom is 0.0234 e. The Labute approximate surface area is 119 Å². The molecule has 2 nitrogen and oxygen atoms in total. The van der Waals surface area contributed by atoms with E-state index in [1.165, 1.54) is 23.0 Å². The summed E-state index contributed by atoms with van der Waals surface area (Å²) in [5.74, 6) is 0.702. The van der Waals surface area contributed by atoms with Crippen LogP contribution in [0.3, 0.4) is 0 Å². The molecule has 1 fully saturated rings. The summed E-state index contributed by atoms with van der Waals surface area (Å²) in [5, 5.41) is 3.66. The van der Waals surface area contributed by atoms with Gasteiger partial charge in [-0.15, -0.1) is 0 Å². The Morgan fingerprint density at radius 3 is 3.00 bits per heavy atom. The van der Waals surface area contributed by atoms with Crippen LogP contribution in [0.2, 0.25) is 0 Å². The summed E-state index contributed by atoms with van der Waals surface area (Å²) >= 11 is 3.55. The zero-order valence-electron chi connectivity index (χ0n) is 11.3. The van der Waals surface area contributed by atoms with Crippen molar-refractivity contribution in [3.8, 4) is 0 Å². The van der Waals surface area contributed by atoms with Gasteiger partial charge in [-0.25, -0.2) is 0 Å². The first-order valence-corrected chi connectivity index (χ1v) is 7.64. The molecule has 0 radical (unpaired) electrons. The van der Waals surface area contributed by atoms with Crippen LogP contribution in [0, 0.1) is 5.92 Å². The van der Waals surface area contributed by atoms with Crippen LogP contribution in [-0.4, -0.2) is 30.6 Å². The summed E-state index contributed by atoms with van der Waals surface area (Å²) in [6.45, 7) is 9.18. The number of hydrogen-bond donors (Lipinski definition) is 1. The van der Waals surface area contributed by atoms with Crippen LogP contribution in [-0.2, 0) is 6.54 Å². The Kier molecular flexibility index (Phi) is 5.22. The smallest absolute Gasteiger partial charge is 0.0234 e. The molecule has 0 aliphatic carbocycles. The van der Waals surface area contributed by atoms with E-state index in [9.17, 15) is 0 Å². The van der Waals surface area contributed by atoms with Gasteiger partial charge in [-0.05, 0) is 43.1 Å². The van der Waals surface area contributed by atoms with Crippen molar-refractivity contribution in [2.45, 2.75) is 32.9 Å². The fourth-order valence-corrected chi connectivity index (χ4v) is 2.95. The van der Waals surface area contributed by atoms with Gasteiger partial charge in [0, 0.05) is 23.6 Å². The molecule has 1 heterocycles. The van der Waals surface area contributed by atoms with E-state index >= 15 is 0 Å². The average molecular weight is 311 g/mol. The molecule has 1 atom stereocenters. The summed E-state index contributed by atoms with van der Waals surface area (Å²) in [6, 6.07) is 9.27. The summed E-state index contributed by atoms with van der Waals surface area (Å²) in [5.41, 5.74) is 1.40. The lowest BCUT2D eigenvalue weighted by Gasteiger charge is -2.26. The van der Waals surface area contributed by atoms with Crippen molar-refractivity contribution in [3.05, 3.63) is 34.3 Å². The van der Waals surface area contributed by atoms with Crippen LogP contribution < -0.4 is 5.32 Å². The highest BCUT2D eigenvalue weighted by molar-refractivity contribution is 9.10. The first kappa shape index (κ1) is 14.0. The lowest BCUT2D eigenvalue weighted by molar-refractivity contribution is 0.238. The highest BCUT2D eigenvalue weighted by Gasteiger charge is 2.20. The van der Waals surface area contributed by atoms with Gasteiger partial charge in [0.25, 0.3) is 0 Å². The first-order valence-electron chi connectivity index (χ1n) is 6.85. The van der Waals surface area contributed by atoms with Gasteiger partial charge in [0.05, 0.1) is 0 Å². The molecule has 1 aliphatic rings. The van der Waals surface area contributed by atoms with Crippen molar-refractivity contribution in [2.24, 2.45) is 5.92 Å². The van der Waals surface area contributed by atoms with Gasteiger partial charge in [0.2, 0.25) is 0 Å². The Balaban J connectivity index is 1.99. The SMILES string of the molecule is CC(C)C1CN(Cc2cccc(Br)c2)CCCN1. The van der Waals surface area contributed by atoms with Crippen molar-refractivity contribution < 1.29 is 0 Å². The van der Waals surface area contributed by atoms with Gasteiger partial charge in [-0.2, -0.15) is 0 Å². The van der Waals surface area contributed by atoms with Crippen LogP contribution >= 0.6 is 15.9 Å². The van der Waals surface area contributed by atoms with Gasteiger partial charge in [0.1, 0.15) is 0 Å². The Hall–Kier alpha value is -0.380. The molecule has 3 heteroatoms. The van der Waals surface area contributed by atoms with E-state index in [1.807, 2.05) is 0 Å². The molecule has 18 heavy (non-hydrogen) atoms. The van der Waals surface area contributed by atoms with E-state index in [-0.39, 0.29) is 0 Å². The fraction of sp³-hybridized carbons (Fsp3) is 0.600. The normalized spacial score (nSPS) is 22.1. The molecule has 1 N–H and O–H groups in total. The molecule has 0 saturated carbocycles. The van der Waals surface area contributed by atoms with Gasteiger partial charge >= 0.3 is 0 Å². The van der Waals surface area contributed by atoms with Crippen LogP contribution in [0.5, 0.6) is 0 Å². The van der Waals surface area contributed by atoms with E-state index in [1.54, 1.807) is 0 Å². The standard InChI is InChI=1S/C15H23BrN2/c1-12(2)15-11-18(8-4-7-17-15)10-13-5-3-6-14(16)9-13/h3,5-6,9,12,15,17H,4,7-8,10-11H2,1-2H3. The summed E-state index contributed by atoms with van der Waals surface area (Å²) in [7, 11) is 0. The molecule has 0 spiro atoms. The van der Waals surface area contributed by atoms with Crippen LogP contribution in [0.1, 0.15) is 25.8 Å². The predicted octanol–water partition coefficient (Wildman–Crippen LogP) is 3.27. The Morgan fingerprint density at radius 2 is 2.28 bits per heavy atom. The van der Waals surface area contributed by atoms with Crippen molar-refractivity contribution >= 4 is 15.9 Å². The highest BCUT2D eigenvalue weighted by Crippen LogP contribution is 2.15. The average Bonchev–Trinajstić information content (AvgIpc) is 2.55. The molecule has 2 rings (SSSR count). The lowest BCUT2D eigenvalue weighted by Crippen LogP contribution is -2.40. The summed E-state index contributed by atoms with van der Waals surface area (Å²) < 4.78 is 1.17. The molecular weight excluding hydrogens is 288 g/mol. The summed E-state index contributed by atoms with van der Waals surface area (Å²) in [4.78, 5) is 2.58. The van der Waals surface area contributed by atoms with E-state index in [0.717, 1.165) is 19.6 Å². The van der Waals surface area contributed by atoms with Gasteiger partial charge in [-0.1, -0.05) is 41.9 Å². The minimum Gasteiger partial charge on any atom is -0.312 e. The van der Waals surface area contributed by atoms with E-state index in [0.29, 0.717) is 12.0 Å². The lowest BCUT2D eigenvalue weighted by atomic mass is 10.0. The van der Waals surface area contributed by atoms with Gasteiger partial charge < -0.3 is 5.32 Å². The molecular formula is C15H23BrN2. The number of nitrogens with one attached hydrogen (secondary N) is 1. The maximum atomic E-state index is 3.66. The third kappa shape index (κ3) is 4.08. The molecule has 0 aromatic heterocycles. The zero-order chi connectivity index (χ0) is 13.0. The number of rotatable bonds is 3. The third-order valence-electron chi connectivity index (χ3n) is 3.61. The van der Waals surface area contributed by atoms with Crippen molar-refractivity contribution in [3.63, 3.8) is 0 Å². The second-order valence-corrected chi connectivity index (χ2v) is 6.44. The van der Waals surface area contributed by atoms with Gasteiger partial charge in [0.15, 0.2) is 0 Å². The second-order valence-electron chi connectivity index (χ2n) is 5.52. The molecule has 1 unspecified atom stereocenters. The number of nitrogens with zero attached hydrogens (tertiary/aromatic N) is 1. The minimum absolute atomic E-state index is 0.625. The summed E-state index contributed by atoms with van der Waals surface area (Å²) in [6.07, 6.45) is 1.25. The van der Waals surface area contributed by atoms with E-state index in [2.05, 4.69) is 64.3 Å². The maximum absolute atomic E-state index is 3.66. The van der Waals surface area contributed by atoms with Crippen molar-refractivity contribution in [1.29, 1.82) is 0 Å². The van der Waals surface area contributed by atoms with E-state index in [4.69, 9.17) is 0 Å². The van der Waals surface area contributed by atoms with Crippen molar-refractivity contribution in [1.82, 2.24) is 10.2 Å². The van der Waals surface area contributed by atoms with Crippen LogP contribution in [0.4, 0.5) is 0 Å². The van der Waals surface area contributed by atoms with E-state index < -0.39 is 0 Å². The molecule has 0 bridgehead atoms. The largest absolute Gasteiger partial charge is 0.312 e. The van der Waals surface area contributed by atoms with Crippen LogP contribution in [0.25, 0.3) is 0 Å². The fourth-order valence-electron chi connectivity index (χ4n) is 2.51. The van der Waals surface area contributed by atoms with Crippen LogP contribution in [0.15, 0.2) is 28.7 Å². The Bertz CT molecular complexity index is 379. The number of hydrogen-bond acceptors (Lipinski definition) is 2. The molecule has 1 saturated heterocycles. The molecule has 1 aromatic rings. The van der Waals surface area contributed by atoms with Gasteiger partial charge in [-0.3, -0.25) is 4.90 Å². The first-order chi connectivity index (χ1) is 8.65. The molecule has 1 aliphatic heterocycles. The molecule has 100 valence electrons. The zero-order valence-corrected chi connectivity index (χ0v) is 12.9. The quantitative estimate of drug-likeness (QED) is 0.922. The minimum atomic E-state index is 0.625. The monoisotopic (exact) mass is 310 g/mol. The van der Waals surface area contributed by atoms with Crippen molar-refractivity contribution in [2.75, 3.05) is 19.6 Å². The topological polar surface area (TPSA) is 15.3 Å². The molecule has 0 amide bonds. The third-order valence-corrected chi connectivity index (χ3v) is 4.11. The second kappa shape index (κ2) is 6.69. The molecule has 1 aromatic carbocycles.